The van der Waals surface area contributed by atoms with E-state index < -0.39 is 0 Å². The number of carbonyl (C=O) groups is 2. The summed E-state index contributed by atoms with van der Waals surface area (Å²) in [4.78, 5) is 24.6. The van der Waals surface area contributed by atoms with Gasteiger partial charge in [-0.05, 0) is 42.8 Å². The molecule has 0 saturated heterocycles. The zero-order valence-electron chi connectivity index (χ0n) is 14.1. The van der Waals surface area contributed by atoms with E-state index in [9.17, 15) is 9.59 Å². The first-order valence-electron chi connectivity index (χ1n) is 8.01. The molecule has 1 fully saturated rings. The molecule has 2 N–H and O–H groups in total. The van der Waals surface area contributed by atoms with Gasteiger partial charge in [-0.1, -0.05) is 12.1 Å². The van der Waals surface area contributed by atoms with Gasteiger partial charge in [0.1, 0.15) is 11.5 Å². The molecule has 0 spiro atoms. The van der Waals surface area contributed by atoms with Crippen LogP contribution in [0.1, 0.15) is 6.42 Å². The molecule has 6 nitrogen and oxygen atoms in total. The maximum atomic E-state index is 12.3. The Hall–Kier alpha value is -3.02. The van der Waals surface area contributed by atoms with E-state index in [0.717, 1.165) is 5.75 Å². The summed E-state index contributed by atoms with van der Waals surface area (Å²) in [6.07, 6.45) is 0.545. The van der Waals surface area contributed by atoms with Gasteiger partial charge >= 0.3 is 0 Å². The Morgan fingerprint density at radius 2 is 1.52 bits per heavy atom. The van der Waals surface area contributed by atoms with Crippen molar-refractivity contribution in [2.24, 2.45) is 11.8 Å². The third-order valence-corrected chi connectivity index (χ3v) is 4.19. The number of ether oxygens (including phenoxy) is 2. The molecule has 0 bridgehead atoms. The van der Waals surface area contributed by atoms with E-state index in [-0.39, 0.29) is 23.7 Å². The summed E-state index contributed by atoms with van der Waals surface area (Å²) in [5.41, 5.74) is 1.29. The lowest BCUT2D eigenvalue weighted by Gasteiger charge is -2.10. The molecule has 3 rings (SSSR count). The number of rotatable bonds is 6. The third-order valence-electron chi connectivity index (χ3n) is 4.19. The van der Waals surface area contributed by atoms with Crippen LogP contribution in [-0.4, -0.2) is 26.0 Å². The van der Waals surface area contributed by atoms with Gasteiger partial charge < -0.3 is 20.1 Å². The number of nitrogens with one attached hydrogen (secondary N) is 2. The van der Waals surface area contributed by atoms with Gasteiger partial charge in [-0.15, -0.1) is 0 Å². The van der Waals surface area contributed by atoms with Gasteiger partial charge in [-0.2, -0.15) is 0 Å². The Kier molecular flexibility index (Phi) is 4.88. The van der Waals surface area contributed by atoms with Crippen LogP contribution in [0.4, 0.5) is 11.4 Å². The minimum atomic E-state index is -0.317. The van der Waals surface area contributed by atoms with Crippen molar-refractivity contribution in [1.29, 1.82) is 0 Å². The van der Waals surface area contributed by atoms with E-state index in [2.05, 4.69) is 10.6 Å². The normalized spacial score (nSPS) is 18.2. The van der Waals surface area contributed by atoms with Crippen molar-refractivity contribution in [2.75, 3.05) is 24.9 Å². The smallest absolute Gasteiger partial charge is 0.228 e. The first-order chi connectivity index (χ1) is 12.1. The predicted molar refractivity (Wildman–Crippen MR) is 94.8 cm³/mol. The summed E-state index contributed by atoms with van der Waals surface area (Å²) >= 11 is 0. The monoisotopic (exact) mass is 340 g/mol. The second-order valence-corrected chi connectivity index (χ2v) is 5.86. The Labute approximate surface area is 146 Å². The van der Waals surface area contributed by atoms with Crippen molar-refractivity contribution in [2.45, 2.75) is 6.42 Å². The first kappa shape index (κ1) is 16.8. The molecule has 0 aliphatic heterocycles. The molecule has 130 valence electrons. The van der Waals surface area contributed by atoms with Crippen molar-refractivity contribution < 1.29 is 19.1 Å². The fourth-order valence-electron chi connectivity index (χ4n) is 2.66. The molecular weight excluding hydrogens is 320 g/mol. The molecular formula is C19H20N2O4. The fraction of sp³-hybridized carbons (Fsp3) is 0.263. The van der Waals surface area contributed by atoms with Crippen LogP contribution < -0.4 is 20.1 Å². The van der Waals surface area contributed by atoms with E-state index >= 15 is 0 Å². The van der Waals surface area contributed by atoms with Gasteiger partial charge in [0, 0.05) is 5.69 Å². The third kappa shape index (κ3) is 3.91. The summed E-state index contributed by atoms with van der Waals surface area (Å²) in [7, 11) is 3.13. The zero-order chi connectivity index (χ0) is 17.8. The molecule has 25 heavy (non-hydrogen) atoms. The first-order valence-corrected chi connectivity index (χ1v) is 8.01. The summed E-state index contributed by atoms with van der Waals surface area (Å²) < 4.78 is 10.3. The van der Waals surface area contributed by atoms with Crippen LogP contribution in [0.3, 0.4) is 0 Å². The van der Waals surface area contributed by atoms with Gasteiger partial charge in [0.2, 0.25) is 11.8 Å². The average molecular weight is 340 g/mol. The maximum absolute atomic E-state index is 12.3. The number of hydrogen-bond acceptors (Lipinski definition) is 4. The van der Waals surface area contributed by atoms with Crippen LogP contribution in [0.5, 0.6) is 11.5 Å². The van der Waals surface area contributed by atoms with E-state index in [1.165, 1.54) is 0 Å². The lowest BCUT2D eigenvalue weighted by Crippen LogP contribution is -2.20. The molecule has 6 heteroatoms. The van der Waals surface area contributed by atoms with Crippen molar-refractivity contribution in [3.63, 3.8) is 0 Å². The van der Waals surface area contributed by atoms with Crippen LogP contribution in [0.25, 0.3) is 0 Å². The van der Waals surface area contributed by atoms with Crippen molar-refractivity contribution >= 4 is 23.2 Å². The number of anilines is 2. The highest BCUT2D eigenvalue weighted by atomic mass is 16.5. The quantitative estimate of drug-likeness (QED) is 0.848. The average Bonchev–Trinajstić information content (AvgIpc) is 3.44. The molecule has 2 amide bonds. The molecule has 2 aromatic rings. The van der Waals surface area contributed by atoms with Crippen molar-refractivity contribution in [3.05, 3.63) is 48.5 Å². The molecule has 0 radical (unpaired) electrons. The molecule has 1 aliphatic carbocycles. The highest BCUT2D eigenvalue weighted by Crippen LogP contribution is 2.40. The molecule has 0 aromatic heterocycles. The maximum Gasteiger partial charge on any atom is 0.228 e. The molecule has 2 unspecified atom stereocenters. The standard InChI is InChI=1S/C19H20N2O4/c1-24-13-9-7-12(8-10-13)20-18(22)14-11-15(14)19(23)21-16-5-3-4-6-17(16)25-2/h3-10,14-15H,11H2,1-2H3,(H,20,22)(H,21,23). The van der Waals surface area contributed by atoms with Crippen molar-refractivity contribution in [3.8, 4) is 11.5 Å². The summed E-state index contributed by atoms with van der Waals surface area (Å²) in [6.45, 7) is 0. The van der Waals surface area contributed by atoms with E-state index in [0.29, 0.717) is 23.5 Å². The molecule has 1 aliphatic rings. The van der Waals surface area contributed by atoms with E-state index in [1.54, 1.807) is 50.6 Å². The number of benzene rings is 2. The second-order valence-electron chi connectivity index (χ2n) is 5.86. The number of carbonyl (C=O) groups excluding carboxylic acids is 2. The molecule has 1 saturated carbocycles. The molecule has 2 atom stereocenters. The molecule has 2 aromatic carbocycles. The van der Waals surface area contributed by atoms with Crippen LogP contribution >= 0.6 is 0 Å². The summed E-state index contributed by atoms with van der Waals surface area (Å²) in [6, 6.07) is 14.3. The van der Waals surface area contributed by atoms with E-state index in [1.807, 2.05) is 12.1 Å². The van der Waals surface area contributed by atoms with Crippen LogP contribution in [0.2, 0.25) is 0 Å². The SMILES string of the molecule is COc1ccc(NC(=O)C2CC2C(=O)Nc2ccccc2OC)cc1. The van der Waals surface area contributed by atoms with E-state index in [4.69, 9.17) is 9.47 Å². The van der Waals surface area contributed by atoms with Crippen LogP contribution in [0, 0.1) is 11.8 Å². The predicted octanol–water partition coefficient (Wildman–Crippen LogP) is 2.92. The minimum Gasteiger partial charge on any atom is -0.497 e. The van der Waals surface area contributed by atoms with Gasteiger partial charge in [-0.3, -0.25) is 9.59 Å². The Balaban J connectivity index is 1.56. The Bertz CT molecular complexity index is 773. The zero-order valence-corrected chi connectivity index (χ0v) is 14.1. The minimum absolute atomic E-state index is 0.148. The van der Waals surface area contributed by atoms with Gasteiger partial charge in [0.25, 0.3) is 0 Å². The summed E-state index contributed by atoms with van der Waals surface area (Å²) in [5.74, 6) is 0.374. The lowest BCUT2D eigenvalue weighted by atomic mass is 10.2. The van der Waals surface area contributed by atoms with Crippen LogP contribution in [0.15, 0.2) is 48.5 Å². The Morgan fingerprint density at radius 3 is 2.16 bits per heavy atom. The summed E-state index contributed by atoms with van der Waals surface area (Å²) in [5, 5.41) is 5.65. The number of amides is 2. The van der Waals surface area contributed by atoms with Gasteiger partial charge in [-0.25, -0.2) is 0 Å². The highest BCUT2D eigenvalue weighted by Gasteiger charge is 2.48. The molecule has 0 heterocycles. The number of hydrogen-bond donors (Lipinski definition) is 2. The fourth-order valence-corrected chi connectivity index (χ4v) is 2.66. The Morgan fingerprint density at radius 1 is 0.880 bits per heavy atom. The largest absolute Gasteiger partial charge is 0.497 e. The highest BCUT2D eigenvalue weighted by molar-refractivity contribution is 6.03. The number of para-hydroxylation sites is 2. The van der Waals surface area contributed by atoms with Crippen LogP contribution in [-0.2, 0) is 9.59 Å². The second kappa shape index (κ2) is 7.25. The lowest BCUT2D eigenvalue weighted by molar-refractivity contribution is -0.122. The van der Waals surface area contributed by atoms with Gasteiger partial charge in [0.05, 0.1) is 31.7 Å². The number of methoxy groups -OCH3 is 2. The van der Waals surface area contributed by atoms with Crippen molar-refractivity contribution in [1.82, 2.24) is 0 Å². The van der Waals surface area contributed by atoms with Gasteiger partial charge in [0.15, 0.2) is 0 Å². The topological polar surface area (TPSA) is 76.7 Å².